The predicted octanol–water partition coefficient (Wildman–Crippen LogP) is 3.32. The number of para-hydroxylation sites is 1. The first-order valence-corrected chi connectivity index (χ1v) is 11.2. The summed E-state index contributed by atoms with van der Waals surface area (Å²) >= 11 is 0. The molecule has 31 heavy (non-hydrogen) atoms. The van der Waals surface area contributed by atoms with Crippen molar-refractivity contribution in [3.8, 4) is 5.75 Å². The molecule has 2 aromatic rings. The van der Waals surface area contributed by atoms with E-state index in [0.717, 1.165) is 28.1 Å². The number of halogens is 3. The van der Waals surface area contributed by atoms with Gasteiger partial charge in [0, 0.05) is 26.2 Å². The standard InChI is InChI=1S/C21H23F3N2O4S/c1-16-5-2-3-8-19(16)30-14-9-20(27)25-10-12-26(13-11-25)31(28,29)18-7-4-6-17(15-18)21(22,23)24/h2-8,15H,9-14H2,1H3. The Hall–Kier alpha value is -2.59. The largest absolute Gasteiger partial charge is 0.493 e. The van der Waals surface area contributed by atoms with Crippen molar-refractivity contribution in [1.82, 2.24) is 9.21 Å². The minimum atomic E-state index is -4.63. The maximum atomic E-state index is 12.9. The monoisotopic (exact) mass is 456 g/mol. The van der Waals surface area contributed by atoms with Gasteiger partial charge in [-0.25, -0.2) is 8.42 Å². The lowest BCUT2D eigenvalue weighted by Crippen LogP contribution is -2.50. The average Bonchev–Trinajstić information content (AvgIpc) is 2.74. The number of alkyl halides is 3. The molecule has 1 aliphatic heterocycles. The molecule has 0 saturated carbocycles. The van der Waals surface area contributed by atoms with Crippen molar-refractivity contribution in [3.63, 3.8) is 0 Å². The molecule has 0 bridgehead atoms. The van der Waals surface area contributed by atoms with Crippen molar-refractivity contribution in [2.24, 2.45) is 0 Å². The van der Waals surface area contributed by atoms with Gasteiger partial charge in [0.25, 0.3) is 0 Å². The third-order valence-electron chi connectivity index (χ3n) is 5.06. The number of sulfonamides is 1. The summed E-state index contributed by atoms with van der Waals surface area (Å²) in [6.45, 7) is 2.47. The molecule has 1 saturated heterocycles. The van der Waals surface area contributed by atoms with Crippen LogP contribution >= 0.6 is 0 Å². The summed E-state index contributed by atoms with van der Waals surface area (Å²) in [4.78, 5) is 13.5. The number of carbonyl (C=O) groups excluding carboxylic acids is 1. The van der Waals surface area contributed by atoms with Crippen LogP contribution in [0.25, 0.3) is 0 Å². The molecule has 0 aromatic heterocycles. The Morgan fingerprint density at radius 3 is 2.35 bits per heavy atom. The van der Waals surface area contributed by atoms with E-state index in [-0.39, 0.29) is 45.1 Å². The van der Waals surface area contributed by atoms with Crippen molar-refractivity contribution in [3.05, 3.63) is 59.7 Å². The number of hydrogen-bond donors (Lipinski definition) is 0. The highest BCUT2D eigenvalue weighted by Crippen LogP contribution is 2.31. The van der Waals surface area contributed by atoms with Crippen molar-refractivity contribution in [2.75, 3.05) is 32.8 Å². The predicted molar refractivity (Wildman–Crippen MR) is 108 cm³/mol. The Balaban J connectivity index is 1.55. The van der Waals surface area contributed by atoms with Gasteiger partial charge in [-0.05, 0) is 36.8 Å². The van der Waals surface area contributed by atoms with Crippen LogP contribution in [0.5, 0.6) is 5.75 Å². The molecule has 168 valence electrons. The van der Waals surface area contributed by atoms with Gasteiger partial charge in [-0.3, -0.25) is 4.79 Å². The Bertz CT molecular complexity index is 1030. The van der Waals surface area contributed by atoms with Crippen LogP contribution in [0.2, 0.25) is 0 Å². The molecule has 1 amide bonds. The van der Waals surface area contributed by atoms with Crippen LogP contribution < -0.4 is 4.74 Å². The minimum absolute atomic E-state index is 0.0168. The fourth-order valence-electron chi connectivity index (χ4n) is 3.28. The van der Waals surface area contributed by atoms with E-state index in [0.29, 0.717) is 11.8 Å². The van der Waals surface area contributed by atoms with Crippen molar-refractivity contribution in [1.29, 1.82) is 0 Å². The summed E-state index contributed by atoms with van der Waals surface area (Å²) in [5.41, 5.74) is -0.0561. The van der Waals surface area contributed by atoms with Gasteiger partial charge in [0.1, 0.15) is 5.75 Å². The van der Waals surface area contributed by atoms with Gasteiger partial charge < -0.3 is 9.64 Å². The molecule has 0 N–H and O–H groups in total. The van der Waals surface area contributed by atoms with Crippen LogP contribution in [0, 0.1) is 6.92 Å². The highest BCUT2D eigenvalue weighted by Gasteiger charge is 2.34. The molecular weight excluding hydrogens is 433 g/mol. The van der Waals surface area contributed by atoms with E-state index in [1.807, 2.05) is 31.2 Å². The topological polar surface area (TPSA) is 66.9 Å². The summed E-state index contributed by atoms with van der Waals surface area (Å²) in [5.74, 6) is 0.539. The zero-order valence-electron chi connectivity index (χ0n) is 16.9. The second-order valence-corrected chi connectivity index (χ2v) is 9.11. The minimum Gasteiger partial charge on any atom is -0.493 e. The number of nitrogens with zero attached hydrogens (tertiary/aromatic N) is 2. The van der Waals surface area contributed by atoms with Gasteiger partial charge >= 0.3 is 6.18 Å². The zero-order chi connectivity index (χ0) is 22.6. The van der Waals surface area contributed by atoms with Gasteiger partial charge in [0.15, 0.2) is 0 Å². The molecule has 3 rings (SSSR count). The van der Waals surface area contributed by atoms with Gasteiger partial charge in [-0.15, -0.1) is 0 Å². The normalized spacial score (nSPS) is 15.7. The molecule has 1 fully saturated rings. The van der Waals surface area contributed by atoms with E-state index in [4.69, 9.17) is 4.74 Å². The Morgan fingerprint density at radius 1 is 1.03 bits per heavy atom. The molecule has 1 heterocycles. The second kappa shape index (κ2) is 9.27. The van der Waals surface area contributed by atoms with E-state index in [9.17, 15) is 26.4 Å². The first-order valence-electron chi connectivity index (χ1n) is 9.72. The summed E-state index contributed by atoms with van der Waals surface area (Å²) in [6.07, 6.45) is -4.48. The summed E-state index contributed by atoms with van der Waals surface area (Å²) in [7, 11) is -4.08. The average molecular weight is 456 g/mol. The van der Waals surface area contributed by atoms with E-state index in [2.05, 4.69) is 0 Å². The molecule has 1 aliphatic rings. The van der Waals surface area contributed by atoms with E-state index >= 15 is 0 Å². The number of amides is 1. The fraction of sp³-hybridized carbons (Fsp3) is 0.381. The number of rotatable bonds is 6. The van der Waals surface area contributed by atoms with Gasteiger partial charge in [0.2, 0.25) is 15.9 Å². The van der Waals surface area contributed by atoms with Crippen LogP contribution in [0.15, 0.2) is 53.4 Å². The molecule has 0 unspecified atom stereocenters. The number of carbonyl (C=O) groups is 1. The Morgan fingerprint density at radius 2 is 1.71 bits per heavy atom. The van der Waals surface area contributed by atoms with E-state index in [1.54, 1.807) is 4.90 Å². The van der Waals surface area contributed by atoms with Crippen LogP contribution in [-0.2, 0) is 21.0 Å². The van der Waals surface area contributed by atoms with Crippen LogP contribution in [-0.4, -0.2) is 56.3 Å². The van der Waals surface area contributed by atoms with Gasteiger partial charge in [-0.2, -0.15) is 17.5 Å². The van der Waals surface area contributed by atoms with Crippen molar-refractivity contribution < 1.29 is 31.1 Å². The van der Waals surface area contributed by atoms with Crippen LogP contribution in [0.1, 0.15) is 17.5 Å². The van der Waals surface area contributed by atoms with E-state index < -0.39 is 26.7 Å². The lowest BCUT2D eigenvalue weighted by atomic mass is 10.2. The molecule has 0 spiro atoms. The van der Waals surface area contributed by atoms with Crippen molar-refractivity contribution >= 4 is 15.9 Å². The second-order valence-electron chi connectivity index (χ2n) is 7.17. The van der Waals surface area contributed by atoms with Gasteiger partial charge in [-0.1, -0.05) is 24.3 Å². The first-order chi connectivity index (χ1) is 14.6. The summed E-state index contributed by atoms with van der Waals surface area (Å²) in [6, 6.07) is 11.1. The SMILES string of the molecule is Cc1ccccc1OCCC(=O)N1CCN(S(=O)(=O)c2cccc(C(F)(F)F)c2)CC1. The quantitative estimate of drug-likeness (QED) is 0.669. The molecule has 6 nitrogen and oxygen atoms in total. The molecule has 2 aromatic carbocycles. The maximum absolute atomic E-state index is 12.9. The molecule has 0 radical (unpaired) electrons. The number of aryl methyl sites for hydroxylation is 1. The number of hydrogen-bond acceptors (Lipinski definition) is 4. The summed E-state index contributed by atoms with van der Waals surface area (Å²) < 4.78 is 70.9. The fourth-order valence-corrected chi connectivity index (χ4v) is 4.75. The molecule has 10 heteroatoms. The zero-order valence-corrected chi connectivity index (χ0v) is 17.7. The van der Waals surface area contributed by atoms with E-state index in [1.165, 1.54) is 0 Å². The van der Waals surface area contributed by atoms with Gasteiger partial charge in [0.05, 0.1) is 23.5 Å². The van der Waals surface area contributed by atoms with Crippen molar-refractivity contribution in [2.45, 2.75) is 24.4 Å². The number of piperazine rings is 1. The first kappa shape index (κ1) is 23.1. The third kappa shape index (κ3) is 5.56. The lowest BCUT2D eigenvalue weighted by Gasteiger charge is -2.34. The molecule has 0 aliphatic carbocycles. The number of ether oxygens (including phenoxy) is 1. The lowest BCUT2D eigenvalue weighted by molar-refractivity contribution is -0.137. The number of benzene rings is 2. The third-order valence-corrected chi connectivity index (χ3v) is 6.95. The molecule has 0 atom stereocenters. The highest BCUT2D eigenvalue weighted by atomic mass is 32.2. The summed E-state index contributed by atoms with van der Waals surface area (Å²) in [5, 5.41) is 0. The smallest absolute Gasteiger partial charge is 0.416 e. The van der Waals surface area contributed by atoms with Crippen LogP contribution in [0.4, 0.5) is 13.2 Å². The Labute approximate surface area is 179 Å². The Kier molecular flexibility index (Phi) is 6.90. The molecular formula is C21H23F3N2O4S. The highest BCUT2D eigenvalue weighted by molar-refractivity contribution is 7.89. The maximum Gasteiger partial charge on any atom is 0.416 e. The van der Waals surface area contributed by atoms with Crippen LogP contribution in [0.3, 0.4) is 0 Å².